The molecule has 16 heavy (non-hydrogen) atoms. The molecular formula is C13H22N2O. The summed E-state index contributed by atoms with van der Waals surface area (Å²) in [5.74, 6) is 0. The van der Waals surface area contributed by atoms with Crippen LogP contribution in [0.5, 0.6) is 0 Å². The Hall–Kier alpha value is -0.930. The molecule has 0 aliphatic carbocycles. The van der Waals surface area contributed by atoms with Gasteiger partial charge in [-0.05, 0) is 38.9 Å². The number of aliphatic hydroxyl groups excluding tert-OH is 1. The fourth-order valence-electron chi connectivity index (χ4n) is 1.92. The highest BCUT2D eigenvalue weighted by Crippen LogP contribution is 2.10. The Bertz CT molecular complexity index is 287. The summed E-state index contributed by atoms with van der Waals surface area (Å²) in [6.07, 6.45) is 2.39. The molecule has 0 bridgehead atoms. The monoisotopic (exact) mass is 222 g/mol. The van der Waals surface area contributed by atoms with Crippen molar-refractivity contribution in [2.45, 2.75) is 45.9 Å². The van der Waals surface area contributed by atoms with Crippen LogP contribution in [-0.4, -0.2) is 33.7 Å². The van der Waals surface area contributed by atoms with Crippen molar-refractivity contribution >= 4 is 0 Å². The van der Waals surface area contributed by atoms with Gasteiger partial charge in [-0.15, -0.1) is 0 Å². The van der Waals surface area contributed by atoms with Gasteiger partial charge in [-0.1, -0.05) is 13.0 Å². The van der Waals surface area contributed by atoms with Gasteiger partial charge in [0, 0.05) is 18.8 Å². The largest absolute Gasteiger partial charge is 0.393 e. The van der Waals surface area contributed by atoms with Crippen LogP contribution in [0.2, 0.25) is 0 Å². The van der Waals surface area contributed by atoms with Crippen LogP contribution in [0.1, 0.15) is 32.9 Å². The summed E-state index contributed by atoms with van der Waals surface area (Å²) in [5, 5.41) is 9.39. The highest BCUT2D eigenvalue weighted by molar-refractivity contribution is 5.03. The van der Waals surface area contributed by atoms with Crippen LogP contribution in [0.3, 0.4) is 0 Å². The average molecular weight is 222 g/mol. The molecule has 1 heterocycles. The maximum atomic E-state index is 9.39. The van der Waals surface area contributed by atoms with E-state index in [1.165, 1.54) is 0 Å². The predicted molar refractivity (Wildman–Crippen MR) is 66.1 cm³/mol. The van der Waals surface area contributed by atoms with Crippen molar-refractivity contribution in [1.82, 2.24) is 9.88 Å². The molecule has 0 aliphatic rings. The Balaban J connectivity index is 2.55. The zero-order valence-corrected chi connectivity index (χ0v) is 10.4. The number of nitrogens with zero attached hydrogens (tertiary/aromatic N) is 2. The lowest BCUT2D eigenvalue weighted by Gasteiger charge is -2.28. The molecule has 0 fully saturated rings. The van der Waals surface area contributed by atoms with E-state index in [0.29, 0.717) is 6.04 Å². The van der Waals surface area contributed by atoms with E-state index in [4.69, 9.17) is 0 Å². The lowest BCUT2D eigenvalue weighted by Crippen LogP contribution is -2.34. The minimum atomic E-state index is -0.243. The van der Waals surface area contributed by atoms with Gasteiger partial charge in [0.25, 0.3) is 0 Å². The fraction of sp³-hybridized carbons (Fsp3) is 0.615. The maximum Gasteiger partial charge on any atom is 0.0544 e. The standard InChI is InChI=1S/C13H22N2O/c1-4-15(11(2)9-12(3)16)10-13-7-5-6-8-14-13/h5-8,11-12,16H,4,9-10H2,1-3H3. The summed E-state index contributed by atoms with van der Waals surface area (Å²) in [6, 6.07) is 6.36. The van der Waals surface area contributed by atoms with Crippen molar-refractivity contribution in [2.75, 3.05) is 6.54 Å². The molecule has 3 heteroatoms. The number of hydrogen-bond donors (Lipinski definition) is 1. The van der Waals surface area contributed by atoms with E-state index in [9.17, 15) is 5.11 Å². The van der Waals surface area contributed by atoms with Crippen LogP contribution in [0.4, 0.5) is 0 Å². The van der Waals surface area contributed by atoms with E-state index in [-0.39, 0.29) is 6.10 Å². The Morgan fingerprint density at radius 3 is 2.62 bits per heavy atom. The third kappa shape index (κ3) is 4.29. The molecule has 1 N–H and O–H groups in total. The first-order valence-corrected chi connectivity index (χ1v) is 5.95. The summed E-state index contributed by atoms with van der Waals surface area (Å²) in [4.78, 5) is 6.65. The molecule has 1 aromatic heterocycles. The van der Waals surface area contributed by atoms with Gasteiger partial charge in [0.05, 0.1) is 11.8 Å². The summed E-state index contributed by atoms with van der Waals surface area (Å²) < 4.78 is 0. The normalized spacial score (nSPS) is 15.1. The minimum absolute atomic E-state index is 0.243. The Labute approximate surface area is 98.1 Å². The highest BCUT2D eigenvalue weighted by atomic mass is 16.3. The van der Waals surface area contributed by atoms with E-state index in [1.54, 1.807) is 0 Å². The molecule has 0 saturated carbocycles. The molecule has 2 unspecified atom stereocenters. The van der Waals surface area contributed by atoms with Crippen molar-refractivity contribution in [3.05, 3.63) is 30.1 Å². The first kappa shape index (κ1) is 13.1. The van der Waals surface area contributed by atoms with Gasteiger partial charge in [-0.3, -0.25) is 9.88 Å². The minimum Gasteiger partial charge on any atom is -0.393 e. The van der Waals surface area contributed by atoms with Gasteiger partial charge in [0.2, 0.25) is 0 Å². The molecule has 2 atom stereocenters. The van der Waals surface area contributed by atoms with Crippen LogP contribution >= 0.6 is 0 Å². The van der Waals surface area contributed by atoms with Crippen LogP contribution in [0.15, 0.2) is 24.4 Å². The quantitative estimate of drug-likeness (QED) is 0.800. The maximum absolute atomic E-state index is 9.39. The third-order valence-corrected chi connectivity index (χ3v) is 2.80. The van der Waals surface area contributed by atoms with E-state index in [0.717, 1.165) is 25.2 Å². The Morgan fingerprint density at radius 2 is 2.12 bits per heavy atom. The van der Waals surface area contributed by atoms with Crippen LogP contribution < -0.4 is 0 Å². The lowest BCUT2D eigenvalue weighted by atomic mass is 10.1. The smallest absolute Gasteiger partial charge is 0.0544 e. The van der Waals surface area contributed by atoms with E-state index in [2.05, 4.69) is 23.7 Å². The lowest BCUT2D eigenvalue weighted by molar-refractivity contribution is 0.118. The zero-order chi connectivity index (χ0) is 12.0. The van der Waals surface area contributed by atoms with Crippen molar-refractivity contribution in [3.63, 3.8) is 0 Å². The molecule has 0 aromatic carbocycles. The molecule has 1 aromatic rings. The average Bonchev–Trinajstić information content (AvgIpc) is 2.26. The second-order valence-electron chi connectivity index (χ2n) is 4.32. The van der Waals surface area contributed by atoms with Crippen LogP contribution in [0, 0.1) is 0 Å². The second-order valence-corrected chi connectivity index (χ2v) is 4.32. The van der Waals surface area contributed by atoms with Crippen molar-refractivity contribution in [3.8, 4) is 0 Å². The molecule has 1 rings (SSSR count). The molecule has 0 amide bonds. The van der Waals surface area contributed by atoms with Gasteiger partial charge < -0.3 is 5.11 Å². The summed E-state index contributed by atoms with van der Waals surface area (Å²) >= 11 is 0. The summed E-state index contributed by atoms with van der Waals surface area (Å²) in [5.41, 5.74) is 1.08. The molecule has 90 valence electrons. The van der Waals surface area contributed by atoms with Gasteiger partial charge in [0.1, 0.15) is 0 Å². The predicted octanol–water partition coefficient (Wildman–Crippen LogP) is 2.06. The van der Waals surface area contributed by atoms with Gasteiger partial charge in [-0.2, -0.15) is 0 Å². The van der Waals surface area contributed by atoms with Gasteiger partial charge >= 0.3 is 0 Å². The number of rotatable bonds is 6. The summed E-state index contributed by atoms with van der Waals surface area (Å²) in [7, 11) is 0. The Morgan fingerprint density at radius 1 is 1.38 bits per heavy atom. The first-order valence-electron chi connectivity index (χ1n) is 5.95. The number of aliphatic hydroxyl groups is 1. The SMILES string of the molecule is CCN(Cc1ccccn1)C(C)CC(C)O. The highest BCUT2D eigenvalue weighted by Gasteiger charge is 2.14. The van der Waals surface area contributed by atoms with Crippen molar-refractivity contribution < 1.29 is 5.11 Å². The molecular weight excluding hydrogens is 200 g/mol. The van der Waals surface area contributed by atoms with Crippen molar-refractivity contribution in [2.24, 2.45) is 0 Å². The van der Waals surface area contributed by atoms with Crippen molar-refractivity contribution in [1.29, 1.82) is 0 Å². The molecule has 3 nitrogen and oxygen atoms in total. The van der Waals surface area contributed by atoms with E-state index >= 15 is 0 Å². The fourth-order valence-corrected chi connectivity index (χ4v) is 1.92. The number of hydrogen-bond acceptors (Lipinski definition) is 3. The molecule has 0 saturated heterocycles. The van der Waals surface area contributed by atoms with Gasteiger partial charge in [0.15, 0.2) is 0 Å². The zero-order valence-electron chi connectivity index (χ0n) is 10.4. The molecule has 0 spiro atoms. The van der Waals surface area contributed by atoms with Crippen LogP contribution in [-0.2, 0) is 6.54 Å². The second kappa shape index (κ2) is 6.61. The topological polar surface area (TPSA) is 36.4 Å². The van der Waals surface area contributed by atoms with Crippen LogP contribution in [0.25, 0.3) is 0 Å². The summed E-state index contributed by atoms with van der Waals surface area (Å²) in [6.45, 7) is 7.96. The van der Waals surface area contributed by atoms with Gasteiger partial charge in [-0.25, -0.2) is 0 Å². The third-order valence-electron chi connectivity index (χ3n) is 2.80. The Kier molecular flexibility index (Phi) is 5.43. The van der Waals surface area contributed by atoms with E-state index in [1.807, 2.05) is 31.3 Å². The first-order chi connectivity index (χ1) is 7.63. The number of aromatic nitrogens is 1. The van der Waals surface area contributed by atoms with E-state index < -0.39 is 0 Å². The number of pyridine rings is 1. The molecule has 0 aliphatic heterocycles. The molecule has 0 radical (unpaired) electrons.